The van der Waals surface area contributed by atoms with E-state index in [1.165, 1.54) is 69.8 Å². The van der Waals surface area contributed by atoms with Gasteiger partial charge in [0.15, 0.2) is 0 Å². The molecule has 1 aromatic carbocycles. The monoisotopic (exact) mass is 330 g/mol. The van der Waals surface area contributed by atoms with Crippen LogP contribution in [0.2, 0.25) is 0 Å². The Balaban J connectivity index is 1.41. The maximum Gasteiger partial charge on any atom is 0.116 e. The Kier molecular flexibility index (Phi) is 9.47. The van der Waals surface area contributed by atoms with Gasteiger partial charge in [-0.05, 0) is 37.6 Å². The van der Waals surface area contributed by atoms with E-state index in [0.717, 1.165) is 30.5 Å². The summed E-state index contributed by atoms with van der Waals surface area (Å²) in [5, 5.41) is 14.6. The number of aromatic nitrogens is 3. The van der Waals surface area contributed by atoms with Crippen LogP contribution in [0.3, 0.4) is 0 Å². The van der Waals surface area contributed by atoms with Crippen molar-refractivity contribution in [1.82, 2.24) is 20.7 Å². The molecule has 2 N–H and O–H groups in total. The van der Waals surface area contributed by atoms with Crippen molar-refractivity contribution in [3.05, 3.63) is 23.8 Å². The molecule has 1 heterocycles. The molecule has 0 fully saturated rings. The molecule has 0 spiro atoms. The van der Waals surface area contributed by atoms with Gasteiger partial charge in [-0.3, -0.25) is 0 Å². The van der Waals surface area contributed by atoms with Crippen molar-refractivity contribution in [2.75, 3.05) is 13.1 Å². The largest absolute Gasteiger partial charge is 0.316 e. The number of benzene rings is 1. The van der Waals surface area contributed by atoms with Gasteiger partial charge in [-0.2, -0.15) is 15.4 Å². The molecule has 0 saturated heterocycles. The second kappa shape index (κ2) is 12.0. The van der Waals surface area contributed by atoms with E-state index in [1.807, 2.05) is 6.07 Å². The lowest BCUT2D eigenvalue weighted by atomic mass is 10.1. The average Bonchev–Trinajstić information content (AvgIpc) is 3.08. The van der Waals surface area contributed by atoms with E-state index in [0.29, 0.717) is 0 Å². The summed E-state index contributed by atoms with van der Waals surface area (Å²) in [5.74, 6) is 0. The fraction of sp³-hybridized carbons (Fsp3) is 0.700. The second-order valence-corrected chi connectivity index (χ2v) is 6.79. The minimum Gasteiger partial charge on any atom is -0.316 e. The van der Waals surface area contributed by atoms with Crippen molar-refractivity contribution in [2.45, 2.75) is 77.6 Å². The highest BCUT2D eigenvalue weighted by atomic mass is 15.3. The van der Waals surface area contributed by atoms with Gasteiger partial charge < -0.3 is 5.32 Å². The summed E-state index contributed by atoms with van der Waals surface area (Å²) in [6.45, 7) is 4.43. The first-order chi connectivity index (χ1) is 11.9. The highest BCUT2D eigenvalue weighted by molar-refractivity contribution is 5.77. The van der Waals surface area contributed by atoms with Crippen molar-refractivity contribution in [1.29, 1.82) is 0 Å². The first-order valence-electron chi connectivity index (χ1n) is 9.91. The molecule has 0 aliphatic rings. The molecule has 4 nitrogen and oxygen atoms in total. The molecular formula is C20H34N4. The zero-order valence-electron chi connectivity index (χ0n) is 15.3. The average molecular weight is 331 g/mol. The van der Waals surface area contributed by atoms with Crippen LogP contribution in [0.25, 0.3) is 11.0 Å². The molecule has 0 aliphatic heterocycles. The van der Waals surface area contributed by atoms with E-state index >= 15 is 0 Å². The molecule has 134 valence electrons. The maximum atomic E-state index is 4.23. The van der Waals surface area contributed by atoms with Crippen molar-refractivity contribution >= 4 is 11.0 Å². The number of aromatic amines is 1. The standard InChI is InChI=1S/C20H34N4/c1-2-3-4-5-6-7-8-9-10-11-16-21-17-15-18-13-12-14-19-20(18)23-24-22-19/h12-14,21H,2-11,15-17H2,1H3,(H,22,23,24). The number of H-pyrrole nitrogens is 1. The Morgan fingerprint density at radius 1 is 0.833 bits per heavy atom. The fourth-order valence-corrected chi connectivity index (χ4v) is 3.21. The SMILES string of the molecule is CCCCCCCCCCCCNCCc1cccc2n[nH]nc12. The van der Waals surface area contributed by atoms with E-state index in [1.54, 1.807) is 0 Å². The van der Waals surface area contributed by atoms with Crippen LogP contribution in [0.5, 0.6) is 0 Å². The van der Waals surface area contributed by atoms with E-state index in [4.69, 9.17) is 0 Å². The summed E-state index contributed by atoms with van der Waals surface area (Å²) in [4.78, 5) is 0. The van der Waals surface area contributed by atoms with Crippen LogP contribution in [0.4, 0.5) is 0 Å². The Morgan fingerprint density at radius 3 is 2.29 bits per heavy atom. The summed E-state index contributed by atoms with van der Waals surface area (Å²) in [5.41, 5.74) is 3.25. The van der Waals surface area contributed by atoms with Crippen LogP contribution in [-0.4, -0.2) is 28.5 Å². The summed E-state index contributed by atoms with van der Waals surface area (Å²) in [7, 11) is 0. The van der Waals surface area contributed by atoms with E-state index < -0.39 is 0 Å². The molecule has 1 aromatic heterocycles. The van der Waals surface area contributed by atoms with Gasteiger partial charge >= 0.3 is 0 Å². The van der Waals surface area contributed by atoms with E-state index in [-0.39, 0.29) is 0 Å². The molecule has 4 heteroatoms. The van der Waals surface area contributed by atoms with E-state index in [2.05, 4.69) is 39.8 Å². The van der Waals surface area contributed by atoms with Gasteiger partial charge in [-0.1, -0.05) is 76.8 Å². The van der Waals surface area contributed by atoms with Crippen LogP contribution < -0.4 is 5.32 Å². The molecule has 0 radical (unpaired) electrons. The Bertz CT molecular complexity index is 549. The van der Waals surface area contributed by atoms with Gasteiger partial charge in [0.25, 0.3) is 0 Å². The molecule has 0 atom stereocenters. The zero-order valence-corrected chi connectivity index (χ0v) is 15.3. The number of hydrogen-bond acceptors (Lipinski definition) is 3. The normalized spacial score (nSPS) is 11.4. The zero-order chi connectivity index (χ0) is 16.9. The predicted molar refractivity (Wildman–Crippen MR) is 102 cm³/mol. The molecule has 2 aromatic rings. The first-order valence-corrected chi connectivity index (χ1v) is 9.91. The third-order valence-corrected chi connectivity index (χ3v) is 4.71. The molecule has 2 rings (SSSR count). The number of nitrogens with zero attached hydrogens (tertiary/aromatic N) is 2. The molecule has 0 amide bonds. The van der Waals surface area contributed by atoms with Crippen LogP contribution in [0.15, 0.2) is 18.2 Å². The van der Waals surface area contributed by atoms with Gasteiger partial charge in [-0.15, -0.1) is 0 Å². The van der Waals surface area contributed by atoms with Crippen molar-refractivity contribution in [3.8, 4) is 0 Å². The van der Waals surface area contributed by atoms with Crippen molar-refractivity contribution < 1.29 is 0 Å². The quantitative estimate of drug-likeness (QED) is 0.479. The third-order valence-electron chi connectivity index (χ3n) is 4.71. The van der Waals surface area contributed by atoms with Gasteiger partial charge in [0.2, 0.25) is 0 Å². The lowest BCUT2D eigenvalue weighted by Crippen LogP contribution is -2.18. The van der Waals surface area contributed by atoms with Crippen LogP contribution >= 0.6 is 0 Å². The molecule has 0 aliphatic carbocycles. The number of nitrogens with one attached hydrogen (secondary N) is 2. The number of rotatable bonds is 14. The van der Waals surface area contributed by atoms with Crippen LogP contribution in [-0.2, 0) is 6.42 Å². The van der Waals surface area contributed by atoms with Crippen LogP contribution in [0, 0.1) is 0 Å². The highest BCUT2D eigenvalue weighted by Crippen LogP contribution is 2.13. The number of unbranched alkanes of at least 4 members (excludes halogenated alkanes) is 9. The summed E-state index contributed by atoms with van der Waals surface area (Å²) >= 11 is 0. The second-order valence-electron chi connectivity index (χ2n) is 6.79. The number of fused-ring (bicyclic) bond motifs is 1. The Hall–Kier alpha value is -1.42. The third kappa shape index (κ3) is 7.00. The summed E-state index contributed by atoms with van der Waals surface area (Å²) in [6, 6.07) is 6.20. The van der Waals surface area contributed by atoms with Gasteiger partial charge in [0, 0.05) is 0 Å². The predicted octanol–water partition coefficient (Wildman–Crippen LogP) is 5.01. The molecule has 0 unspecified atom stereocenters. The van der Waals surface area contributed by atoms with Gasteiger partial charge in [0.05, 0.1) is 0 Å². The smallest absolute Gasteiger partial charge is 0.116 e. The molecule has 0 saturated carbocycles. The molecule has 24 heavy (non-hydrogen) atoms. The summed E-state index contributed by atoms with van der Waals surface area (Å²) < 4.78 is 0. The van der Waals surface area contributed by atoms with Crippen LogP contribution in [0.1, 0.15) is 76.7 Å². The van der Waals surface area contributed by atoms with E-state index in [9.17, 15) is 0 Å². The lowest BCUT2D eigenvalue weighted by molar-refractivity contribution is 0.544. The van der Waals surface area contributed by atoms with Gasteiger partial charge in [-0.25, -0.2) is 0 Å². The lowest BCUT2D eigenvalue weighted by Gasteiger charge is -2.06. The minimum absolute atomic E-state index is 0.960. The number of para-hydroxylation sites is 1. The highest BCUT2D eigenvalue weighted by Gasteiger charge is 2.03. The minimum atomic E-state index is 0.960. The Labute approximate surface area is 146 Å². The maximum absolute atomic E-state index is 4.23. The topological polar surface area (TPSA) is 53.6 Å². The fourth-order valence-electron chi connectivity index (χ4n) is 3.21. The molecule has 0 bridgehead atoms. The first kappa shape index (κ1) is 18.9. The molecular weight excluding hydrogens is 296 g/mol. The van der Waals surface area contributed by atoms with Crippen molar-refractivity contribution in [3.63, 3.8) is 0 Å². The Morgan fingerprint density at radius 2 is 1.54 bits per heavy atom. The number of hydrogen-bond donors (Lipinski definition) is 2. The summed E-state index contributed by atoms with van der Waals surface area (Å²) in [6.07, 6.45) is 15.0. The van der Waals surface area contributed by atoms with Gasteiger partial charge in [0.1, 0.15) is 11.0 Å². The van der Waals surface area contributed by atoms with Crippen molar-refractivity contribution in [2.24, 2.45) is 0 Å².